The summed E-state index contributed by atoms with van der Waals surface area (Å²) in [6, 6.07) is 4.92. The van der Waals surface area contributed by atoms with Gasteiger partial charge in [-0.25, -0.2) is 4.39 Å². The predicted octanol–water partition coefficient (Wildman–Crippen LogP) is 2.56. The van der Waals surface area contributed by atoms with Crippen molar-refractivity contribution in [3.8, 4) is 5.75 Å². The van der Waals surface area contributed by atoms with E-state index in [4.69, 9.17) is 10.5 Å². The van der Waals surface area contributed by atoms with E-state index in [2.05, 4.69) is 0 Å². The van der Waals surface area contributed by atoms with E-state index < -0.39 is 5.54 Å². The van der Waals surface area contributed by atoms with E-state index in [1.54, 1.807) is 12.1 Å². The summed E-state index contributed by atoms with van der Waals surface area (Å²) in [5.41, 5.74) is 6.36. The number of rotatable bonds is 2. The van der Waals surface area contributed by atoms with Crippen molar-refractivity contribution < 1.29 is 9.13 Å². The summed E-state index contributed by atoms with van der Waals surface area (Å²) >= 11 is 0. The lowest BCUT2D eigenvalue weighted by molar-refractivity contribution is 0.402. The molecule has 3 heteroatoms. The van der Waals surface area contributed by atoms with Gasteiger partial charge in [-0.1, -0.05) is 18.9 Å². The molecule has 1 aromatic carbocycles. The van der Waals surface area contributed by atoms with Gasteiger partial charge in [0.15, 0.2) is 0 Å². The molecular formula is C12H16FNO. The first kappa shape index (κ1) is 10.4. The van der Waals surface area contributed by atoms with Gasteiger partial charge in [-0.15, -0.1) is 0 Å². The van der Waals surface area contributed by atoms with E-state index >= 15 is 0 Å². The zero-order chi connectivity index (χ0) is 10.9. The van der Waals surface area contributed by atoms with Gasteiger partial charge in [-0.2, -0.15) is 0 Å². The topological polar surface area (TPSA) is 35.2 Å². The lowest BCUT2D eigenvalue weighted by atomic mass is 9.89. The van der Waals surface area contributed by atoms with Crippen molar-refractivity contribution in [1.82, 2.24) is 0 Å². The average molecular weight is 209 g/mol. The number of halogens is 1. The van der Waals surface area contributed by atoms with Crippen LogP contribution in [0.2, 0.25) is 0 Å². The van der Waals surface area contributed by atoms with Crippen molar-refractivity contribution in [2.45, 2.75) is 31.2 Å². The number of nitrogens with two attached hydrogens (primary N) is 1. The number of ether oxygens (including phenoxy) is 1. The Morgan fingerprint density at radius 1 is 1.33 bits per heavy atom. The van der Waals surface area contributed by atoms with Crippen LogP contribution >= 0.6 is 0 Å². The highest BCUT2D eigenvalue weighted by Gasteiger charge is 2.33. The van der Waals surface area contributed by atoms with Crippen molar-refractivity contribution in [3.63, 3.8) is 0 Å². The van der Waals surface area contributed by atoms with Crippen LogP contribution in [0.5, 0.6) is 5.75 Å². The fourth-order valence-corrected chi connectivity index (χ4v) is 2.30. The lowest BCUT2D eigenvalue weighted by Crippen LogP contribution is -2.34. The molecule has 2 nitrogen and oxygen atoms in total. The second-order valence-corrected chi connectivity index (χ2v) is 4.21. The molecule has 1 fully saturated rings. The SMILES string of the molecule is COc1ccc(C2(N)CCCC2)c(F)c1. The smallest absolute Gasteiger partial charge is 0.131 e. The molecular weight excluding hydrogens is 193 g/mol. The summed E-state index contributed by atoms with van der Waals surface area (Å²) in [4.78, 5) is 0. The second-order valence-electron chi connectivity index (χ2n) is 4.21. The van der Waals surface area contributed by atoms with E-state index in [1.807, 2.05) is 0 Å². The molecule has 2 N–H and O–H groups in total. The first-order chi connectivity index (χ1) is 7.15. The summed E-state index contributed by atoms with van der Waals surface area (Å²) in [6.45, 7) is 0. The van der Waals surface area contributed by atoms with Crippen LogP contribution in [0, 0.1) is 5.82 Å². The molecule has 0 spiro atoms. The fraction of sp³-hybridized carbons (Fsp3) is 0.500. The van der Waals surface area contributed by atoms with E-state index in [9.17, 15) is 4.39 Å². The molecule has 0 radical (unpaired) electrons. The van der Waals surface area contributed by atoms with Crippen molar-refractivity contribution in [2.75, 3.05) is 7.11 Å². The number of hydrogen-bond donors (Lipinski definition) is 1. The lowest BCUT2D eigenvalue weighted by Gasteiger charge is -2.24. The molecule has 0 aromatic heterocycles. The maximum atomic E-state index is 13.8. The highest BCUT2D eigenvalue weighted by molar-refractivity contribution is 5.33. The van der Waals surface area contributed by atoms with E-state index in [0.29, 0.717) is 11.3 Å². The molecule has 0 aliphatic heterocycles. The Balaban J connectivity index is 2.36. The first-order valence-electron chi connectivity index (χ1n) is 5.29. The van der Waals surface area contributed by atoms with Crippen LogP contribution in [-0.4, -0.2) is 7.11 Å². The summed E-state index contributed by atoms with van der Waals surface area (Å²) in [5.74, 6) is 0.289. The van der Waals surface area contributed by atoms with Crippen LogP contribution in [0.4, 0.5) is 4.39 Å². The molecule has 0 atom stereocenters. The third-order valence-corrected chi connectivity index (χ3v) is 3.21. The van der Waals surface area contributed by atoms with Crippen LogP contribution in [-0.2, 0) is 5.54 Å². The molecule has 0 bridgehead atoms. The maximum Gasteiger partial charge on any atom is 0.131 e. The van der Waals surface area contributed by atoms with Crippen LogP contribution < -0.4 is 10.5 Å². The van der Waals surface area contributed by atoms with E-state index in [0.717, 1.165) is 25.7 Å². The van der Waals surface area contributed by atoms with Crippen LogP contribution in [0.15, 0.2) is 18.2 Å². The molecule has 1 aliphatic rings. The van der Waals surface area contributed by atoms with Gasteiger partial charge in [0.05, 0.1) is 7.11 Å². The van der Waals surface area contributed by atoms with E-state index in [1.165, 1.54) is 13.2 Å². The second kappa shape index (κ2) is 3.81. The molecule has 82 valence electrons. The molecule has 15 heavy (non-hydrogen) atoms. The van der Waals surface area contributed by atoms with Crippen molar-refractivity contribution in [3.05, 3.63) is 29.6 Å². The van der Waals surface area contributed by atoms with Crippen LogP contribution in [0.25, 0.3) is 0 Å². The number of benzene rings is 1. The van der Waals surface area contributed by atoms with Crippen molar-refractivity contribution >= 4 is 0 Å². The van der Waals surface area contributed by atoms with Gasteiger partial charge in [0.1, 0.15) is 11.6 Å². The zero-order valence-electron chi connectivity index (χ0n) is 8.92. The third kappa shape index (κ3) is 1.84. The number of methoxy groups -OCH3 is 1. The van der Waals surface area contributed by atoms with Gasteiger partial charge in [0, 0.05) is 17.2 Å². The van der Waals surface area contributed by atoms with E-state index in [-0.39, 0.29) is 5.82 Å². The molecule has 0 amide bonds. The maximum absolute atomic E-state index is 13.8. The minimum atomic E-state index is -0.462. The summed E-state index contributed by atoms with van der Waals surface area (Å²) < 4.78 is 18.7. The van der Waals surface area contributed by atoms with Crippen LogP contribution in [0.1, 0.15) is 31.2 Å². The largest absolute Gasteiger partial charge is 0.497 e. The Hall–Kier alpha value is -1.09. The molecule has 1 saturated carbocycles. The highest BCUT2D eigenvalue weighted by atomic mass is 19.1. The van der Waals surface area contributed by atoms with Gasteiger partial charge >= 0.3 is 0 Å². The van der Waals surface area contributed by atoms with Gasteiger partial charge in [-0.3, -0.25) is 0 Å². The predicted molar refractivity (Wildman–Crippen MR) is 57.3 cm³/mol. The zero-order valence-corrected chi connectivity index (χ0v) is 8.92. The first-order valence-corrected chi connectivity index (χ1v) is 5.29. The Morgan fingerprint density at radius 3 is 2.53 bits per heavy atom. The molecule has 2 rings (SSSR count). The summed E-state index contributed by atoms with van der Waals surface area (Å²) in [7, 11) is 1.53. The number of hydrogen-bond acceptors (Lipinski definition) is 2. The molecule has 1 aromatic rings. The standard InChI is InChI=1S/C12H16FNO/c1-15-9-4-5-10(11(13)8-9)12(14)6-2-3-7-12/h4-5,8H,2-3,6-7,14H2,1H3. The van der Waals surface area contributed by atoms with Gasteiger partial charge in [0.2, 0.25) is 0 Å². The van der Waals surface area contributed by atoms with Gasteiger partial charge < -0.3 is 10.5 Å². The Kier molecular flexibility index (Phi) is 2.65. The van der Waals surface area contributed by atoms with Crippen molar-refractivity contribution in [1.29, 1.82) is 0 Å². The third-order valence-electron chi connectivity index (χ3n) is 3.21. The minimum absolute atomic E-state index is 0.251. The Labute approximate surface area is 89.2 Å². The van der Waals surface area contributed by atoms with Crippen LogP contribution in [0.3, 0.4) is 0 Å². The Bertz CT molecular complexity index is 359. The molecule has 0 heterocycles. The molecule has 0 unspecified atom stereocenters. The monoisotopic (exact) mass is 209 g/mol. The van der Waals surface area contributed by atoms with Crippen molar-refractivity contribution in [2.24, 2.45) is 5.73 Å². The average Bonchev–Trinajstić information content (AvgIpc) is 2.65. The normalized spacial score (nSPS) is 19.1. The quantitative estimate of drug-likeness (QED) is 0.812. The Morgan fingerprint density at radius 2 is 2.00 bits per heavy atom. The van der Waals surface area contributed by atoms with Gasteiger partial charge in [-0.05, 0) is 18.9 Å². The van der Waals surface area contributed by atoms with Gasteiger partial charge in [0.25, 0.3) is 0 Å². The molecule has 1 aliphatic carbocycles. The minimum Gasteiger partial charge on any atom is -0.497 e. The molecule has 0 saturated heterocycles. The summed E-state index contributed by atoms with van der Waals surface area (Å²) in [5, 5.41) is 0. The highest BCUT2D eigenvalue weighted by Crippen LogP contribution is 2.38. The summed E-state index contributed by atoms with van der Waals surface area (Å²) in [6.07, 6.45) is 3.91. The fourth-order valence-electron chi connectivity index (χ4n) is 2.30.